The van der Waals surface area contributed by atoms with Gasteiger partial charge in [0.1, 0.15) is 0 Å². The van der Waals surface area contributed by atoms with Crippen LogP contribution in [0.15, 0.2) is 18.3 Å². The van der Waals surface area contributed by atoms with Crippen molar-refractivity contribution in [3.8, 4) is 0 Å². The number of fused-ring (bicyclic) bond motifs is 1. The third-order valence-corrected chi connectivity index (χ3v) is 7.10. The number of hydrogen-bond donors (Lipinski definition) is 3. The molecule has 3 N–H and O–H groups in total. The van der Waals surface area contributed by atoms with Gasteiger partial charge in [-0.3, -0.25) is 19.0 Å². The van der Waals surface area contributed by atoms with Crippen molar-refractivity contribution >= 4 is 23.5 Å². The number of piperazine rings is 1. The number of hydrogen-bond acceptors (Lipinski definition) is 7. The minimum absolute atomic E-state index is 0.00169. The van der Waals surface area contributed by atoms with Gasteiger partial charge in [-0.05, 0) is 63.5 Å². The standard InChI is InChI=1S/C22H32N6O.2C2HF3O2/c1-15(2)27-10-9-26(12-17-5-6-17)14-19(27)21-25-24-20-8-7-18(13-28(20)21)22(29)23-11-16-3-4-16;2*3-2(4,5)1(6)7/h7-8,13,15-17,19H,3-6,9-12,14H2,1-2H3,(H,23,29);2*(H,6,7). The largest absolute Gasteiger partial charge is 0.490 e. The quantitative estimate of drug-likeness (QED) is 0.394. The first-order chi connectivity index (χ1) is 20.0. The summed E-state index contributed by atoms with van der Waals surface area (Å²) >= 11 is 0. The number of pyridine rings is 1. The van der Waals surface area contributed by atoms with Crippen LogP contribution < -0.4 is 5.32 Å². The zero-order chi connectivity index (χ0) is 32.1. The molecule has 43 heavy (non-hydrogen) atoms. The lowest BCUT2D eigenvalue weighted by Crippen LogP contribution is -2.51. The van der Waals surface area contributed by atoms with Crippen LogP contribution in [0.4, 0.5) is 26.3 Å². The van der Waals surface area contributed by atoms with Gasteiger partial charge >= 0.3 is 24.3 Å². The predicted molar refractivity (Wildman–Crippen MR) is 139 cm³/mol. The Morgan fingerprint density at radius 1 is 0.930 bits per heavy atom. The Morgan fingerprint density at radius 3 is 1.98 bits per heavy atom. The molecule has 2 saturated carbocycles. The van der Waals surface area contributed by atoms with Gasteiger partial charge in [0.05, 0.1) is 11.6 Å². The fourth-order valence-electron chi connectivity index (χ4n) is 4.46. The molecular weight excluding hydrogens is 590 g/mol. The molecule has 1 saturated heterocycles. The number of halogens is 6. The number of amides is 1. The fraction of sp³-hybridized carbons (Fsp3) is 0.654. The van der Waals surface area contributed by atoms with Crippen molar-refractivity contribution in [3.05, 3.63) is 29.7 Å². The molecule has 1 aliphatic heterocycles. The van der Waals surface area contributed by atoms with Crippen molar-refractivity contribution < 1.29 is 50.9 Å². The van der Waals surface area contributed by atoms with E-state index in [1.54, 1.807) is 0 Å². The maximum absolute atomic E-state index is 12.6. The molecule has 0 radical (unpaired) electrons. The first kappa shape index (κ1) is 34.0. The van der Waals surface area contributed by atoms with E-state index in [9.17, 15) is 31.1 Å². The van der Waals surface area contributed by atoms with E-state index in [0.29, 0.717) is 17.5 Å². The van der Waals surface area contributed by atoms with E-state index < -0.39 is 24.3 Å². The maximum Gasteiger partial charge on any atom is 0.490 e. The first-order valence-electron chi connectivity index (χ1n) is 13.7. The Labute approximate surface area is 242 Å². The lowest BCUT2D eigenvalue weighted by atomic mass is 10.1. The highest BCUT2D eigenvalue weighted by atomic mass is 19.4. The van der Waals surface area contributed by atoms with Crippen LogP contribution in [-0.4, -0.2) is 104 Å². The number of alkyl halides is 6. The van der Waals surface area contributed by atoms with Gasteiger partial charge in [0.15, 0.2) is 11.5 Å². The summed E-state index contributed by atoms with van der Waals surface area (Å²) in [5.74, 6) is -3.00. The van der Waals surface area contributed by atoms with Crippen LogP contribution in [0.1, 0.15) is 61.8 Å². The minimum atomic E-state index is -5.08. The number of rotatable bonds is 7. The van der Waals surface area contributed by atoms with E-state index in [1.807, 2.05) is 22.7 Å². The second kappa shape index (κ2) is 13.9. The Balaban J connectivity index is 0.000000303. The van der Waals surface area contributed by atoms with Crippen molar-refractivity contribution in [2.24, 2.45) is 11.8 Å². The van der Waals surface area contributed by atoms with Crippen LogP contribution in [0, 0.1) is 11.8 Å². The summed E-state index contributed by atoms with van der Waals surface area (Å²) in [7, 11) is 0. The Morgan fingerprint density at radius 2 is 1.49 bits per heavy atom. The first-order valence-corrected chi connectivity index (χ1v) is 13.7. The Bertz CT molecular complexity index is 1250. The third kappa shape index (κ3) is 10.3. The van der Waals surface area contributed by atoms with Crippen molar-refractivity contribution in [2.45, 2.75) is 64.0 Å². The van der Waals surface area contributed by atoms with Crippen LogP contribution >= 0.6 is 0 Å². The second-order valence-electron chi connectivity index (χ2n) is 11.0. The molecule has 3 heterocycles. The Kier molecular flexibility index (Phi) is 11.0. The molecule has 0 bridgehead atoms. The molecule has 2 aromatic rings. The number of nitrogens with one attached hydrogen (secondary N) is 1. The number of nitrogens with zero attached hydrogens (tertiary/aromatic N) is 5. The SMILES string of the molecule is CC(C)N1CCN(CC2CC2)CC1c1nnc2ccc(C(=O)NCC3CC3)cn12.O=C(O)C(F)(F)F.O=C(O)C(F)(F)F. The molecule has 5 rings (SSSR count). The summed E-state index contributed by atoms with van der Waals surface area (Å²) < 4.78 is 65.5. The molecule has 2 aromatic heterocycles. The summed E-state index contributed by atoms with van der Waals surface area (Å²) in [4.78, 5) is 35.5. The summed E-state index contributed by atoms with van der Waals surface area (Å²) in [5, 5.41) is 26.3. The number of aliphatic carboxylic acids is 2. The zero-order valence-corrected chi connectivity index (χ0v) is 23.5. The van der Waals surface area contributed by atoms with E-state index in [0.717, 1.165) is 43.6 Å². The molecule has 0 aromatic carbocycles. The molecular formula is C26H34F6N6O5. The van der Waals surface area contributed by atoms with Gasteiger partial charge < -0.3 is 15.5 Å². The lowest BCUT2D eigenvalue weighted by Gasteiger charge is -2.42. The molecule has 17 heteroatoms. The van der Waals surface area contributed by atoms with Gasteiger partial charge in [0.2, 0.25) is 0 Å². The molecule has 1 amide bonds. The van der Waals surface area contributed by atoms with E-state index in [4.69, 9.17) is 19.8 Å². The van der Waals surface area contributed by atoms with E-state index in [-0.39, 0.29) is 11.9 Å². The number of carboxylic acid groups (broad SMARTS) is 2. The topological polar surface area (TPSA) is 140 Å². The molecule has 1 atom stereocenters. The highest BCUT2D eigenvalue weighted by Gasteiger charge is 2.39. The fourth-order valence-corrected chi connectivity index (χ4v) is 4.46. The molecule has 240 valence electrons. The number of aromatic nitrogens is 3. The molecule has 0 spiro atoms. The monoisotopic (exact) mass is 624 g/mol. The number of carbonyl (C=O) groups is 3. The van der Waals surface area contributed by atoms with Crippen LogP contribution in [0.25, 0.3) is 5.65 Å². The summed E-state index contributed by atoms with van der Waals surface area (Å²) in [5.41, 5.74) is 1.49. The van der Waals surface area contributed by atoms with Gasteiger partial charge in [-0.1, -0.05) is 0 Å². The van der Waals surface area contributed by atoms with Gasteiger partial charge in [-0.2, -0.15) is 26.3 Å². The average molecular weight is 625 g/mol. The maximum atomic E-state index is 12.6. The number of carboxylic acids is 2. The smallest absolute Gasteiger partial charge is 0.475 e. The van der Waals surface area contributed by atoms with E-state index in [2.05, 4.69) is 39.2 Å². The van der Waals surface area contributed by atoms with Gasteiger partial charge in [0.25, 0.3) is 5.91 Å². The molecule has 2 aliphatic carbocycles. The van der Waals surface area contributed by atoms with Crippen LogP contribution in [-0.2, 0) is 9.59 Å². The highest BCUT2D eigenvalue weighted by Crippen LogP contribution is 2.33. The van der Waals surface area contributed by atoms with E-state index in [1.165, 1.54) is 32.2 Å². The summed E-state index contributed by atoms with van der Waals surface area (Å²) in [6.07, 6.45) is -3.02. The van der Waals surface area contributed by atoms with Crippen molar-refractivity contribution in [2.75, 3.05) is 32.7 Å². The predicted octanol–water partition coefficient (Wildman–Crippen LogP) is 3.61. The summed E-state index contributed by atoms with van der Waals surface area (Å²) in [6.45, 7) is 9.64. The Hall–Kier alpha value is -3.47. The third-order valence-electron chi connectivity index (χ3n) is 7.10. The molecule has 11 nitrogen and oxygen atoms in total. The lowest BCUT2D eigenvalue weighted by molar-refractivity contribution is -0.193. The van der Waals surface area contributed by atoms with Crippen molar-refractivity contribution in [3.63, 3.8) is 0 Å². The van der Waals surface area contributed by atoms with Crippen molar-refractivity contribution in [1.82, 2.24) is 29.7 Å². The molecule has 3 aliphatic rings. The highest BCUT2D eigenvalue weighted by molar-refractivity contribution is 5.94. The summed E-state index contributed by atoms with van der Waals surface area (Å²) in [6, 6.07) is 4.41. The number of carbonyl (C=O) groups excluding carboxylic acids is 1. The average Bonchev–Trinajstić information content (AvgIpc) is 3.85. The minimum Gasteiger partial charge on any atom is -0.475 e. The van der Waals surface area contributed by atoms with Crippen LogP contribution in [0.3, 0.4) is 0 Å². The van der Waals surface area contributed by atoms with Crippen LogP contribution in [0.5, 0.6) is 0 Å². The zero-order valence-electron chi connectivity index (χ0n) is 23.5. The van der Waals surface area contributed by atoms with Gasteiger partial charge in [-0.25, -0.2) is 9.59 Å². The molecule has 1 unspecified atom stereocenters. The van der Waals surface area contributed by atoms with Gasteiger partial charge in [0, 0.05) is 45.0 Å². The van der Waals surface area contributed by atoms with E-state index >= 15 is 0 Å². The van der Waals surface area contributed by atoms with Gasteiger partial charge in [-0.15, -0.1) is 10.2 Å². The second-order valence-corrected chi connectivity index (χ2v) is 11.0. The van der Waals surface area contributed by atoms with Crippen molar-refractivity contribution in [1.29, 1.82) is 0 Å². The molecule has 3 fully saturated rings. The van der Waals surface area contributed by atoms with Crippen LogP contribution in [0.2, 0.25) is 0 Å². The normalized spacial score (nSPS) is 19.7.